The largest absolute Gasteiger partial charge is 1.00 e. The van der Waals surface area contributed by atoms with E-state index < -0.39 is 13.9 Å². The summed E-state index contributed by atoms with van der Waals surface area (Å²) in [5, 5.41) is 0. The molecule has 4 nitrogen and oxygen atoms in total. The molecule has 4 rings (SSSR count). The van der Waals surface area contributed by atoms with Crippen LogP contribution in [0.1, 0.15) is 105 Å². The molecule has 3 saturated carbocycles. The minimum atomic E-state index is -4.66. The van der Waals surface area contributed by atoms with Gasteiger partial charge in [-0.1, -0.05) is 65.5 Å². The Morgan fingerprint density at radius 2 is 1.85 bits per heavy atom. The van der Waals surface area contributed by atoms with Crippen molar-refractivity contribution >= 4 is 7.82 Å². The molecule has 0 radical (unpaired) electrons. The summed E-state index contributed by atoms with van der Waals surface area (Å²) in [7, 11) is -4.66. The second-order valence-electron chi connectivity index (χ2n) is 12.7. The summed E-state index contributed by atoms with van der Waals surface area (Å²) in [5.41, 5.74) is 2.06. The number of allylic oxidation sites excluding steroid dienone is 1. The van der Waals surface area contributed by atoms with Gasteiger partial charge in [0, 0.05) is 0 Å². The van der Waals surface area contributed by atoms with Crippen LogP contribution in [0, 0.1) is 46.3 Å². The molecule has 4 aliphatic carbocycles. The van der Waals surface area contributed by atoms with Crippen LogP contribution in [0.2, 0.25) is 0 Å². The monoisotopic (exact) mass is 504 g/mol. The van der Waals surface area contributed by atoms with E-state index in [0.29, 0.717) is 17.8 Å². The summed E-state index contributed by atoms with van der Waals surface area (Å²) in [6.45, 7) is 12.3. The number of fused-ring (bicyclic) bond motifs is 5. The van der Waals surface area contributed by atoms with E-state index in [9.17, 15) is 9.46 Å². The van der Waals surface area contributed by atoms with Crippen LogP contribution >= 0.6 is 7.82 Å². The first kappa shape index (κ1) is 29.0. The molecule has 0 aliphatic heterocycles. The van der Waals surface area contributed by atoms with E-state index in [-0.39, 0.29) is 56.8 Å². The normalized spacial score (nSPS) is 42.9. The van der Waals surface area contributed by atoms with E-state index in [2.05, 4.69) is 40.7 Å². The molecular weight excluding hydrogens is 458 g/mol. The third kappa shape index (κ3) is 5.98. The molecule has 0 spiro atoms. The molecule has 0 bridgehead atoms. The molecule has 3 fully saturated rings. The van der Waals surface area contributed by atoms with Gasteiger partial charge in [0.15, 0.2) is 0 Å². The number of hydrogen-bond donors (Lipinski definition) is 1. The minimum absolute atomic E-state index is 0. The Labute approximate surface area is 245 Å². The summed E-state index contributed by atoms with van der Waals surface area (Å²) in [4.78, 5) is 20.4. The third-order valence-corrected chi connectivity index (χ3v) is 11.1. The van der Waals surface area contributed by atoms with Crippen molar-refractivity contribution < 1.29 is 70.3 Å². The van der Waals surface area contributed by atoms with Crippen molar-refractivity contribution in [2.24, 2.45) is 46.3 Å². The predicted octanol–water partition coefficient (Wildman–Crippen LogP) is 3.88. The van der Waals surface area contributed by atoms with Crippen molar-refractivity contribution in [1.82, 2.24) is 0 Å². The van der Waals surface area contributed by atoms with Gasteiger partial charge in [0.25, 0.3) is 7.82 Å². The van der Waals surface area contributed by atoms with Gasteiger partial charge in [-0.25, -0.2) is 0 Å². The Kier molecular flexibility index (Phi) is 9.75. The summed E-state index contributed by atoms with van der Waals surface area (Å²) < 4.78 is 16.2. The molecule has 9 atom stereocenters. The Hall–Kier alpha value is 1.49. The van der Waals surface area contributed by atoms with Crippen LogP contribution in [0.4, 0.5) is 0 Å². The molecule has 0 aromatic heterocycles. The summed E-state index contributed by atoms with van der Waals surface area (Å²) in [6, 6.07) is 0. The summed E-state index contributed by atoms with van der Waals surface area (Å²) in [6.07, 6.45) is 15.1. The molecule has 0 aromatic carbocycles. The topological polar surface area (TPSA) is 69.6 Å². The smallest absolute Gasteiger partial charge is 0.756 e. The maximum atomic E-state index is 11.3. The van der Waals surface area contributed by atoms with E-state index in [1.807, 2.05) is 0 Å². The Balaban J connectivity index is 0.00000306. The van der Waals surface area contributed by atoms with Crippen LogP contribution in [0.15, 0.2) is 11.6 Å². The van der Waals surface area contributed by atoms with Crippen LogP contribution in [0.25, 0.3) is 0 Å². The second-order valence-corrected chi connectivity index (χ2v) is 13.9. The van der Waals surface area contributed by atoms with Gasteiger partial charge in [-0.2, -0.15) is 0 Å². The Morgan fingerprint density at radius 3 is 2.52 bits per heavy atom. The fourth-order valence-electron chi connectivity index (χ4n) is 8.93. The van der Waals surface area contributed by atoms with Crippen molar-refractivity contribution in [2.45, 2.75) is 111 Å². The van der Waals surface area contributed by atoms with Crippen molar-refractivity contribution in [2.75, 3.05) is 0 Å². The molecule has 0 heterocycles. The fourth-order valence-corrected chi connectivity index (χ4v) is 9.49. The molecule has 1 N–H and O–H groups in total. The number of phosphoric ester groups is 1. The van der Waals surface area contributed by atoms with E-state index in [0.717, 1.165) is 48.9 Å². The van der Waals surface area contributed by atoms with Crippen molar-refractivity contribution in [3.63, 3.8) is 0 Å². The first-order chi connectivity index (χ1) is 14.9. The molecule has 6 heteroatoms. The number of rotatable bonds is 7. The predicted molar refractivity (Wildman–Crippen MR) is 128 cm³/mol. The average Bonchev–Trinajstić information content (AvgIpc) is 3.04. The molecule has 0 saturated heterocycles. The van der Waals surface area contributed by atoms with Gasteiger partial charge in [-0.15, -0.1) is 0 Å². The van der Waals surface area contributed by atoms with Crippen molar-refractivity contribution in [1.29, 1.82) is 0 Å². The van der Waals surface area contributed by atoms with Crippen LogP contribution < -0.4 is 56.3 Å². The molecule has 33 heavy (non-hydrogen) atoms. The Morgan fingerprint density at radius 1 is 1.12 bits per heavy atom. The van der Waals surface area contributed by atoms with Crippen LogP contribution in [0.3, 0.4) is 0 Å². The zero-order chi connectivity index (χ0) is 23.3. The van der Waals surface area contributed by atoms with Gasteiger partial charge in [0.2, 0.25) is 0 Å². The first-order valence-corrected chi connectivity index (χ1v) is 14.9. The second kappa shape index (κ2) is 11.1. The molecule has 0 aromatic rings. The number of hydrogen-bond acceptors (Lipinski definition) is 3. The molecule has 0 amide bonds. The van der Waals surface area contributed by atoms with Gasteiger partial charge in [-0.3, -0.25) is 4.57 Å². The third-order valence-electron chi connectivity index (χ3n) is 10.5. The van der Waals surface area contributed by atoms with Gasteiger partial charge in [0.1, 0.15) is 0 Å². The SMILES string of the molecule is CC(C)CCCC(C)[C@H]1CC[C@H]2[C@@H]3CC=C4C[C@@H](OP(=O)([O-])O)CC[C@]4(C)[C@H]3CC[C@]12C.[K+]. The maximum absolute atomic E-state index is 11.3. The number of phosphoric acid groups is 1. The molecule has 2 unspecified atom stereocenters. The van der Waals surface area contributed by atoms with Gasteiger partial charge in [0.05, 0.1) is 6.10 Å². The van der Waals surface area contributed by atoms with Gasteiger partial charge >= 0.3 is 51.4 Å². The van der Waals surface area contributed by atoms with E-state index in [1.165, 1.54) is 50.5 Å². The van der Waals surface area contributed by atoms with Crippen LogP contribution in [0.5, 0.6) is 0 Å². The standard InChI is InChI=1S/C27H47O4P.K/c1-18(2)7-6-8-19(3)23-11-12-24-22-10-9-20-17-21(31-32(28,29)30)13-15-26(20,4)25(22)14-16-27(23,24)5;/h9,18-19,21-25H,6-8,10-17H2,1-5H3,(H2,28,29,30);/q;+1/p-1/t19?,21-,22-,23+,24-,25-,26-,27+;/m0./s1. The fraction of sp³-hybridized carbons (Fsp3) is 0.926. The van der Waals surface area contributed by atoms with Gasteiger partial charge < -0.3 is 14.3 Å². The molecule has 4 aliphatic rings. The molecular formula is C27H46KO4P. The van der Waals surface area contributed by atoms with Crippen molar-refractivity contribution in [3.8, 4) is 0 Å². The maximum Gasteiger partial charge on any atom is 1.00 e. The van der Waals surface area contributed by atoms with Crippen molar-refractivity contribution in [3.05, 3.63) is 11.6 Å². The summed E-state index contributed by atoms with van der Waals surface area (Å²) >= 11 is 0. The van der Waals surface area contributed by atoms with Gasteiger partial charge in [-0.05, 0) is 97.7 Å². The summed E-state index contributed by atoms with van der Waals surface area (Å²) in [5.74, 6) is 4.84. The first-order valence-electron chi connectivity index (χ1n) is 13.4. The zero-order valence-electron chi connectivity index (χ0n) is 22.0. The van der Waals surface area contributed by atoms with E-state index in [4.69, 9.17) is 9.42 Å². The average molecular weight is 505 g/mol. The Bertz CT molecular complexity index is 763. The van der Waals surface area contributed by atoms with E-state index in [1.54, 1.807) is 0 Å². The quantitative estimate of drug-likeness (QED) is 0.325. The molecule has 184 valence electrons. The zero-order valence-corrected chi connectivity index (χ0v) is 26.0. The van der Waals surface area contributed by atoms with Crippen LogP contribution in [-0.2, 0) is 9.09 Å². The minimum Gasteiger partial charge on any atom is -0.756 e. The van der Waals surface area contributed by atoms with Crippen LogP contribution in [-0.4, -0.2) is 11.0 Å². The van der Waals surface area contributed by atoms with E-state index >= 15 is 0 Å².